The Morgan fingerprint density at radius 2 is 1.74 bits per heavy atom. The smallest absolute Gasteiger partial charge is 0.245 e. The standard InChI is InChI=1S/C23H24FN3O4/c24-17-2-4-18(5-3-17)25-9-11-26(12-10-25)23(29)19-6-8-22(28)27(19)14-16-1-7-20-21(13-16)31-15-30-20/h1-5,7,13,19H,6,8-12,14-15H2. The van der Waals surface area contributed by atoms with Crippen molar-refractivity contribution in [2.45, 2.75) is 25.4 Å². The molecule has 5 rings (SSSR count). The lowest BCUT2D eigenvalue weighted by Crippen LogP contribution is -2.54. The molecule has 0 aromatic heterocycles. The Labute approximate surface area is 179 Å². The van der Waals surface area contributed by atoms with Crippen LogP contribution in [-0.4, -0.2) is 60.6 Å². The van der Waals surface area contributed by atoms with Gasteiger partial charge in [0, 0.05) is 44.8 Å². The summed E-state index contributed by atoms with van der Waals surface area (Å²) in [6.45, 7) is 3.10. The summed E-state index contributed by atoms with van der Waals surface area (Å²) in [7, 11) is 0. The van der Waals surface area contributed by atoms with Gasteiger partial charge >= 0.3 is 0 Å². The predicted molar refractivity (Wildman–Crippen MR) is 111 cm³/mol. The van der Waals surface area contributed by atoms with E-state index >= 15 is 0 Å². The first-order valence-electron chi connectivity index (χ1n) is 10.6. The Kier molecular flexibility index (Phi) is 5.13. The van der Waals surface area contributed by atoms with Crippen LogP contribution in [0.25, 0.3) is 0 Å². The minimum absolute atomic E-state index is 0.000894. The molecule has 8 heteroatoms. The molecule has 2 aromatic rings. The average molecular weight is 425 g/mol. The van der Waals surface area contributed by atoms with Crippen LogP contribution >= 0.6 is 0 Å². The molecule has 0 aliphatic carbocycles. The quantitative estimate of drug-likeness (QED) is 0.753. The minimum atomic E-state index is -0.435. The number of hydrogen-bond acceptors (Lipinski definition) is 5. The van der Waals surface area contributed by atoms with E-state index in [1.807, 2.05) is 23.1 Å². The maximum absolute atomic E-state index is 13.2. The molecule has 3 heterocycles. The van der Waals surface area contributed by atoms with Crippen LogP contribution in [0.5, 0.6) is 11.5 Å². The lowest BCUT2D eigenvalue weighted by Gasteiger charge is -2.38. The van der Waals surface area contributed by atoms with Crippen molar-refractivity contribution in [1.82, 2.24) is 9.80 Å². The second-order valence-electron chi connectivity index (χ2n) is 8.05. The van der Waals surface area contributed by atoms with Gasteiger partial charge in [-0.05, 0) is 48.4 Å². The van der Waals surface area contributed by atoms with Gasteiger partial charge in [-0.2, -0.15) is 0 Å². The molecule has 0 bridgehead atoms. The summed E-state index contributed by atoms with van der Waals surface area (Å²) < 4.78 is 23.9. The highest BCUT2D eigenvalue weighted by molar-refractivity contribution is 5.91. The number of likely N-dealkylation sites (tertiary alicyclic amines) is 1. The van der Waals surface area contributed by atoms with Gasteiger partial charge in [0.05, 0.1) is 0 Å². The Bertz CT molecular complexity index is 989. The van der Waals surface area contributed by atoms with Crippen LogP contribution < -0.4 is 14.4 Å². The van der Waals surface area contributed by atoms with E-state index in [9.17, 15) is 14.0 Å². The van der Waals surface area contributed by atoms with Gasteiger partial charge in [-0.1, -0.05) is 6.07 Å². The largest absolute Gasteiger partial charge is 0.454 e. The molecule has 0 N–H and O–H groups in total. The van der Waals surface area contributed by atoms with Crippen LogP contribution in [0.3, 0.4) is 0 Å². The number of fused-ring (bicyclic) bond motifs is 1. The molecular weight excluding hydrogens is 401 g/mol. The monoisotopic (exact) mass is 425 g/mol. The number of hydrogen-bond donors (Lipinski definition) is 0. The van der Waals surface area contributed by atoms with Crippen molar-refractivity contribution in [1.29, 1.82) is 0 Å². The number of halogens is 1. The zero-order valence-corrected chi connectivity index (χ0v) is 17.1. The summed E-state index contributed by atoms with van der Waals surface area (Å²) in [6.07, 6.45) is 0.927. The fourth-order valence-corrected chi connectivity index (χ4v) is 4.47. The van der Waals surface area contributed by atoms with Crippen molar-refractivity contribution in [3.63, 3.8) is 0 Å². The highest BCUT2D eigenvalue weighted by Crippen LogP contribution is 2.34. The van der Waals surface area contributed by atoms with Crippen molar-refractivity contribution in [2.24, 2.45) is 0 Å². The normalized spacial score (nSPS) is 20.5. The Hall–Kier alpha value is -3.29. The number of anilines is 1. The van der Waals surface area contributed by atoms with E-state index in [-0.39, 0.29) is 24.4 Å². The molecule has 0 radical (unpaired) electrons. The van der Waals surface area contributed by atoms with E-state index in [1.165, 1.54) is 12.1 Å². The van der Waals surface area contributed by atoms with Crippen molar-refractivity contribution < 1.29 is 23.5 Å². The first kappa shape index (κ1) is 19.7. The van der Waals surface area contributed by atoms with E-state index in [1.54, 1.807) is 17.0 Å². The summed E-state index contributed by atoms with van der Waals surface area (Å²) in [5.41, 5.74) is 1.87. The van der Waals surface area contributed by atoms with Gasteiger partial charge in [-0.3, -0.25) is 9.59 Å². The molecule has 2 fully saturated rings. The summed E-state index contributed by atoms with van der Waals surface area (Å²) in [4.78, 5) is 31.5. The number of rotatable bonds is 4. The number of carbonyl (C=O) groups is 2. The predicted octanol–water partition coefficient (Wildman–Crippen LogP) is 2.39. The minimum Gasteiger partial charge on any atom is -0.454 e. The van der Waals surface area contributed by atoms with Gasteiger partial charge in [0.15, 0.2) is 11.5 Å². The number of amides is 2. The topological polar surface area (TPSA) is 62.3 Å². The van der Waals surface area contributed by atoms with Gasteiger partial charge in [0.25, 0.3) is 0 Å². The van der Waals surface area contributed by atoms with Crippen molar-refractivity contribution >= 4 is 17.5 Å². The number of ether oxygens (including phenoxy) is 2. The van der Waals surface area contributed by atoms with E-state index in [0.29, 0.717) is 57.1 Å². The average Bonchev–Trinajstić information content (AvgIpc) is 3.40. The molecule has 3 aliphatic rings. The summed E-state index contributed by atoms with van der Waals surface area (Å²) >= 11 is 0. The Morgan fingerprint density at radius 3 is 2.52 bits per heavy atom. The van der Waals surface area contributed by atoms with E-state index < -0.39 is 6.04 Å². The first-order chi connectivity index (χ1) is 15.1. The van der Waals surface area contributed by atoms with Crippen LogP contribution in [0, 0.1) is 5.82 Å². The summed E-state index contributed by atoms with van der Waals surface area (Å²) in [6, 6.07) is 11.6. The summed E-state index contributed by atoms with van der Waals surface area (Å²) in [5.74, 6) is 1.12. The molecular formula is C23H24FN3O4. The molecule has 1 atom stereocenters. The van der Waals surface area contributed by atoms with E-state index in [0.717, 1.165) is 11.3 Å². The van der Waals surface area contributed by atoms with Crippen LogP contribution in [-0.2, 0) is 16.1 Å². The zero-order valence-electron chi connectivity index (χ0n) is 17.1. The third-order valence-corrected chi connectivity index (χ3v) is 6.19. The number of nitrogens with zero attached hydrogens (tertiary/aromatic N) is 3. The first-order valence-corrected chi connectivity index (χ1v) is 10.6. The Balaban J connectivity index is 1.23. The van der Waals surface area contributed by atoms with Crippen molar-refractivity contribution in [3.05, 3.63) is 53.8 Å². The molecule has 2 saturated heterocycles. The number of piperazine rings is 1. The van der Waals surface area contributed by atoms with Gasteiger partial charge in [-0.25, -0.2) is 4.39 Å². The number of carbonyl (C=O) groups excluding carboxylic acids is 2. The van der Waals surface area contributed by atoms with Gasteiger partial charge < -0.3 is 24.2 Å². The lowest BCUT2D eigenvalue weighted by atomic mass is 10.1. The van der Waals surface area contributed by atoms with Gasteiger partial charge in [0.1, 0.15) is 11.9 Å². The van der Waals surface area contributed by atoms with Crippen LogP contribution in [0.1, 0.15) is 18.4 Å². The number of benzene rings is 2. The molecule has 0 spiro atoms. The van der Waals surface area contributed by atoms with Gasteiger partial charge in [0.2, 0.25) is 18.6 Å². The molecule has 162 valence electrons. The zero-order chi connectivity index (χ0) is 21.4. The maximum atomic E-state index is 13.2. The molecule has 2 amide bonds. The molecule has 7 nitrogen and oxygen atoms in total. The van der Waals surface area contributed by atoms with Crippen LogP contribution in [0.2, 0.25) is 0 Å². The highest BCUT2D eigenvalue weighted by atomic mass is 19.1. The van der Waals surface area contributed by atoms with E-state index in [4.69, 9.17) is 9.47 Å². The Morgan fingerprint density at radius 1 is 1.00 bits per heavy atom. The second-order valence-corrected chi connectivity index (χ2v) is 8.05. The third-order valence-electron chi connectivity index (χ3n) is 6.19. The van der Waals surface area contributed by atoms with Crippen LogP contribution in [0.15, 0.2) is 42.5 Å². The fourth-order valence-electron chi connectivity index (χ4n) is 4.47. The maximum Gasteiger partial charge on any atom is 0.245 e. The second kappa shape index (κ2) is 8.09. The molecule has 2 aromatic carbocycles. The lowest BCUT2D eigenvalue weighted by molar-refractivity contribution is -0.142. The fraction of sp³-hybridized carbons (Fsp3) is 0.391. The molecule has 3 aliphatic heterocycles. The van der Waals surface area contributed by atoms with Crippen LogP contribution in [0.4, 0.5) is 10.1 Å². The van der Waals surface area contributed by atoms with Crippen molar-refractivity contribution in [3.8, 4) is 11.5 Å². The molecule has 31 heavy (non-hydrogen) atoms. The SMILES string of the molecule is O=C(C1CCC(=O)N1Cc1ccc2c(c1)OCO2)N1CCN(c2ccc(F)cc2)CC1. The van der Waals surface area contributed by atoms with E-state index in [2.05, 4.69) is 4.90 Å². The summed E-state index contributed by atoms with van der Waals surface area (Å²) in [5, 5.41) is 0. The third kappa shape index (κ3) is 3.89. The molecule has 0 saturated carbocycles. The highest BCUT2D eigenvalue weighted by Gasteiger charge is 2.39. The van der Waals surface area contributed by atoms with Gasteiger partial charge in [-0.15, -0.1) is 0 Å². The molecule has 1 unspecified atom stereocenters. The van der Waals surface area contributed by atoms with Crippen molar-refractivity contribution in [2.75, 3.05) is 37.9 Å².